The zero-order chi connectivity index (χ0) is 17.2. The summed E-state index contributed by atoms with van der Waals surface area (Å²) < 4.78 is 4.65. The lowest BCUT2D eigenvalue weighted by atomic mass is 9.77. The molecule has 0 aliphatic heterocycles. The Labute approximate surface area is 134 Å². The zero-order valence-electron chi connectivity index (χ0n) is 13.4. The van der Waals surface area contributed by atoms with Gasteiger partial charge in [0.15, 0.2) is 5.78 Å². The van der Waals surface area contributed by atoms with Gasteiger partial charge in [-0.15, -0.1) is 0 Å². The van der Waals surface area contributed by atoms with E-state index in [9.17, 15) is 14.7 Å². The number of Topliss-reactive ketones (excluding diaryl/α,β-unsaturated/α-hetero) is 1. The number of hydrogen-bond acceptors (Lipinski definition) is 6. The Morgan fingerprint density at radius 1 is 1.39 bits per heavy atom. The maximum Gasteiger partial charge on any atom is 0.337 e. The minimum atomic E-state index is -0.501. The average molecular weight is 316 g/mol. The van der Waals surface area contributed by atoms with E-state index in [4.69, 9.17) is 5.73 Å². The molecule has 23 heavy (non-hydrogen) atoms. The molecule has 0 atom stereocenters. The fraction of sp³-hybridized carbons (Fsp3) is 0.353. The number of esters is 1. The number of aliphatic hydroxyl groups is 1. The molecule has 0 aromatic heterocycles. The van der Waals surface area contributed by atoms with E-state index in [2.05, 4.69) is 9.73 Å². The number of aliphatic hydroxyl groups excluding tert-OH is 1. The van der Waals surface area contributed by atoms with Crippen LogP contribution in [0.1, 0.15) is 37.0 Å². The van der Waals surface area contributed by atoms with Crippen LogP contribution in [-0.2, 0) is 9.53 Å². The van der Waals surface area contributed by atoms with Crippen molar-refractivity contribution < 1.29 is 19.4 Å². The molecule has 1 aliphatic carbocycles. The number of rotatable bonds is 3. The largest absolute Gasteiger partial charge is 0.511 e. The Hall–Kier alpha value is -2.63. The number of anilines is 1. The molecule has 3 N–H and O–H groups in total. The highest BCUT2D eigenvalue weighted by Crippen LogP contribution is 2.35. The molecule has 0 saturated heterocycles. The molecule has 2 rings (SSSR count). The highest BCUT2D eigenvalue weighted by atomic mass is 16.5. The fourth-order valence-electron chi connectivity index (χ4n) is 2.48. The van der Waals surface area contributed by atoms with Crippen LogP contribution in [0.15, 0.2) is 34.5 Å². The van der Waals surface area contributed by atoms with Gasteiger partial charge in [-0.05, 0) is 23.6 Å². The number of ether oxygens (including phenoxy) is 1. The van der Waals surface area contributed by atoms with Crippen LogP contribution in [0.4, 0.5) is 11.4 Å². The molecule has 6 nitrogen and oxygen atoms in total. The molecule has 0 saturated carbocycles. The number of benzene rings is 1. The molecule has 1 aliphatic rings. The second-order valence-electron chi connectivity index (χ2n) is 6.32. The number of allylic oxidation sites excluding steroid dienone is 2. The number of aliphatic imine (C=N–C) groups is 1. The van der Waals surface area contributed by atoms with Gasteiger partial charge in [0.25, 0.3) is 0 Å². The fourth-order valence-corrected chi connectivity index (χ4v) is 2.48. The monoisotopic (exact) mass is 316 g/mol. The standard InChI is InChI=1S/C17H20N2O4/c1-17(2)7-14(20)11(15(21)8-17)9-19-13-6-10(16(22)23-3)4-5-12(13)18/h4-6,9,20H,7-8,18H2,1-3H3. The SMILES string of the molecule is COC(=O)c1ccc(N)c(N=CC2=C(O)CC(C)(C)CC2=O)c1. The van der Waals surface area contributed by atoms with Gasteiger partial charge in [0, 0.05) is 19.1 Å². The van der Waals surface area contributed by atoms with E-state index < -0.39 is 5.97 Å². The number of methoxy groups -OCH3 is 1. The maximum atomic E-state index is 12.1. The van der Waals surface area contributed by atoms with E-state index in [-0.39, 0.29) is 22.5 Å². The number of carbonyl (C=O) groups is 2. The summed E-state index contributed by atoms with van der Waals surface area (Å²) in [5, 5.41) is 10.1. The van der Waals surface area contributed by atoms with Gasteiger partial charge in [0.1, 0.15) is 5.76 Å². The third-order valence-electron chi connectivity index (χ3n) is 3.68. The number of nitrogens with two attached hydrogens (primary N) is 1. The minimum absolute atomic E-state index is 0.0256. The van der Waals surface area contributed by atoms with Crippen molar-refractivity contribution >= 4 is 29.3 Å². The van der Waals surface area contributed by atoms with Gasteiger partial charge in [0.2, 0.25) is 0 Å². The molecule has 0 radical (unpaired) electrons. The van der Waals surface area contributed by atoms with Crippen molar-refractivity contribution in [3.05, 3.63) is 35.1 Å². The van der Waals surface area contributed by atoms with Crippen LogP contribution in [-0.4, -0.2) is 30.2 Å². The molecule has 1 aromatic rings. The van der Waals surface area contributed by atoms with E-state index in [1.165, 1.54) is 25.5 Å². The molecule has 0 spiro atoms. The third kappa shape index (κ3) is 3.77. The van der Waals surface area contributed by atoms with Crippen LogP contribution in [0.3, 0.4) is 0 Å². The highest BCUT2D eigenvalue weighted by molar-refractivity contribution is 6.15. The lowest BCUT2D eigenvalue weighted by molar-refractivity contribution is -0.117. The van der Waals surface area contributed by atoms with Crippen LogP contribution >= 0.6 is 0 Å². The second-order valence-corrected chi connectivity index (χ2v) is 6.32. The summed E-state index contributed by atoms with van der Waals surface area (Å²) in [5.41, 5.74) is 6.76. The number of ketones is 1. The molecule has 1 aromatic carbocycles. The Morgan fingerprint density at radius 2 is 2.09 bits per heavy atom. The highest BCUT2D eigenvalue weighted by Gasteiger charge is 2.32. The van der Waals surface area contributed by atoms with E-state index in [0.717, 1.165) is 0 Å². The molecular formula is C17H20N2O4. The Kier molecular flexibility index (Phi) is 4.54. The van der Waals surface area contributed by atoms with E-state index in [0.29, 0.717) is 29.8 Å². The van der Waals surface area contributed by atoms with Gasteiger partial charge in [-0.1, -0.05) is 13.8 Å². The molecular weight excluding hydrogens is 296 g/mol. The predicted octanol–water partition coefficient (Wildman–Crippen LogP) is 2.96. The van der Waals surface area contributed by atoms with Crippen molar-refractivity contribution in [2.24, 2.45) is 10.4 Å². The first-order chi connectivity index (χ1) is 10.7. The molecule has 122 valence electrons. The van der Waals surface area contributed by atoms with Crippen LogP contribution in [0.2, 0.25) is 0 Å². The van der Waals surface area contributed by atoms with E-state index >= 15 is 0 Å². The summed E-state index contributed by atoms with van der Waals surface area (Å²) in [6.45, 7) is 3.85. The van der Waals surface area contributed by atoms with Gasteiger partial charge in [0.05, 0.1) is 29.6 Å². The lowest BCUT2D eigenvalue weighted by Gasteiger charge is -2.28. The summed E-state index contributed by atoms with van der Waals surface area (Å²) in [7, 11) is 1.28. The van der Waals surface area contributed by atoms with Gasteiger partial charge < -0.3 is 15.6 Å². The van der Waals surface area contributed by atoms with E-state index in [1.54, 1.807) is 6.07 Å². The molecule has 6 heteroatoms. The van der Waals surface area contributed by atoms with Gasteiger partial charge in [-0.25, -0.2) is 4.79 Å². The van der Waals surface area contributed by atoms with Crippen LogP contribution in [0.5, 0.6) is 0 Å². The summed E-state index contributed by atoms with van der Waals surface area (Å²) in [6.07, 6.45) is 2.06. The van der Waals surface area contributed by atoms with Gasteiger partial charge >= 0.3 is 5.97 Å². The topological polar surface area (TPSA) is 102 Å². The van der Waals surface area contributed by atoms with Crippen LogP contribution in [0.25, 0.3) is 0 Å². The average Bonchev–Trinajstić information content (AvgIpc) is 2.46. The maximum absolute atomic E-state index is 12.1. The molecule has 0 fully saturated rings. The molecule has 0 heterocycles. The normalized spacial score (nSPS) is 17.6. The Morgan fingerprint density at radius 3 is 2.70 bits per heavy atom. The van der Waals surface area contributed by atoms with E-state index in [1.807, 2.05) is 13.8 Å². The van der Waals surface area contributed by atoms with Crippen molar-refractivity contribution in [2.75, 3.05) is 12.8 Å². The summed E-state index contributed by atoms with van der Waals surface area (Å²) in [5.74, 6) is -0.637. The van der Waals surface area contributed by atoms with Crippen molar-refractivity contribution in [3.63, 3.8) is 0 Å². The predicted molar refractivity (Wildman–Crippen MR) is 88.0 cm³/mol. The van der Waals surface area contributed by atoms with Crippen LogP contribution < -0.4 is 5.73 Å². The van der Waals surface area contributed by atoms with Crippen molar-refractivity contribution in [1.82, 2.24) is 0 Å². The van der Waals surface area contributed by atoms with Crippen molar-refractivity contribution in [1.29, 1.82) is 0 Å². The first-order valence-corrected chi connectivity index (χ1v) is 7.21. The first-order valence-electron chi connectivity index (χ1n) is 7.21. The molecule has 0 amide bonds. The second kappa shape index (κ2) is 6.24. The Bertz CT molecular complexity index is 717. The zero-order valence-corrected chi connectivity index (χ0v) is 13.4. The number of hydrogen-bond donors (Lipinski definition) is 2. The number of nitrogen functional groups attached to an aromatic ring is 1. The minimum Gasteiger partial charge on any atom is -0.511 e. The summed E-state index contributed by atoms with van der Waals surface area (Å²) in [4.78, 5) is 27.8. The summed E-state index contributed by atoms with van der Waals surface area (Å²) in [6, 6.07) is 4.55. The molecule has 0 unspecified atom stereocenters. The van der Waals surface area contributed by atoms with Crippen molar-refractivity contribution in [3.8, 4) is 0 Å². The van der Waals surface area contributed by atoms with Gasteiger partial charge in [-0.3, -0.25) is 9.79 Å². The smallest absolute Gasteiger partial charge is 0.337 e. The van der Waals surface area contributed by atoms with Gasteiger partial charge in [-0.2, -0.15) is 0 Å². The third-order valence-corrected chi connectivity index (χ3v) is 3.68. The van der Waals surface area contributed by atoms with Crippen molar-refractivity contribution in [2.45, 2.75) is 26.7 Å². The quantitative estimate of drug-likeness (QED) is 0.507. The lowest BCUT2D eigenvalue weighted by Crippen LogP contribution is -2.26. The number of carbonyl (C=O) groups excluding carboxylic acids is 2. The Balaban J connectivity index is 2.33. The van der Waals surface area contributed by atoms with Crippen LogP contribution in [0, 0.1) is 5.41 Å². The molecule has 0 bridgehead atoms. The number of nitrogens with zero attached hydrogens (tertiary/aromatic N) is 1. The summed E-state index contributed by atoms with van der Waals surface area (Å²) >= 11 is 0. The first kappa shape index (κ1) is 16.7.